The second-order valence-corrected chi connectivity index (χ2v) is 7.21. The zero-order chi connectivity index (χ0) is 14.1. The highest BCUT2D eigenvalue weighted by Crippen LogP contribution is 2.31. The van der Waals surface area contributed by atoms with E-state index in [0.29, 0.717) is 0 Å². The second-order valence-electron chi connectivity index (χ2n) is 6.26. The lowest BCUT2D eigenvalue weighted by Crippen LogP contribution is -2.27. The molecule has 4 rings (SSSR count). The van der Waals surface area contributed by atoms with Crippen LogP contribution < -0.4 is 5.32 Å². The molecule has 1 saturated carbocycles. The quantitative estimate of drug-likeness (QED) is 0.862. The topological polar surface area (TPSA) is 44.0 Å². The van der Waals surface area contributed by atoms with Gasteiger partial charge in [0.2, 0.25) is 0 Å². The number of likely N-dealkylation sites (tertiary alicyclic amines) is 1. The van der Waals surface area contributed by atoms with Crippen molar-refractivity contribution in [3.05, 3.63) is 29.3 Å². The Morgan fingerprint density at radius 3 is 3.14 bits per heavy atom. The summed E-state index contributed by atoms with van der Waals surface area (Å²) in [4.78, 5) is 3.95. The van der Waals surface area contributed by atoms with E-state index in [4.69, 9.17) is 0 Å². The van der Waals surface area contributed by atoms with E-state index < -0.39 is 0 Å². The summed E-state index contributed by atoms with van der Waals surface area (Å²) in [5.41, 5.74) is 2.44. The summed E-state index contributed by atoms with van der Waals surface area (Å²) >= 11 is 1.76. The molecule has 0 radical (unpaired) electrons. The van der Waals surface area contributed by atoms with E-state index in [0.717, 1.165) is 25.0 Å². The summed E-state index contributed by atoms with van der Waals surface area (Å²) in [5, 5.41) is 13.1. The molecule has 3 heterocycles. The first kappa shape index (κ1) is 13.5. The minimum atomic E-state index is 0.822. The van der Waals surface area contributed by atoms with Crippen LogP contribution in [0.15, 0.2) is 23.7 Å². The number of aromatic amines is 1. The predicted molar refractivity (Wildman–Crippen MR) is 86.3 cm³/mol. The van der Waals surface area contributed by atoms with E-state index >= 15 is 0 Å². The highest BCUT2D eigenvalue weighted by atomic mass is 32.1. The van der Waals surface area contributed by atoms with E-state index in [-0.39, 0.29) is 0 Å². The second kappa shape index (κ2) is 5.91. The van der Waals surface area contributed by atoms with Gasteiger partial charge in [0, 0.05) is 24.7 Å². The van der Waals surface area contributed by atoms with Gasteiger partial charge in [0.1, 0.15) is 0 Å². The first-order valence-corrected chi connectivity index (χ1v) is 8.79. The van der Waals surface area contributed by atoms with Crippen molar-refractivity contribution in [1.29, 1.82) is 0 Å². The first-order valence-electron chi connectivity index (χ1n) is 7.91. The van der Waals surface area contributed by atoms with Crippen LogP contribution in [0.25, 0.3) is 10.6 Å². The van der Waals surface area contributed by atoms with Crippen molar-refractivity contribution in [1.82, 2.24) is 20.4 Å². The number of nitrogens with one attached hydrogen (secondary N) is 2. The van der Waals surface area contributed by atoms with Crippen LogP contribution in [0.2, 0.25) is 0 Å². The molecule has 1 saturated heterocycles. The van der Waals surface area contributed by atoms with E-state index in [1.165, 1.54) is 48.5 Å². The Morgan fingerprint density at radius 1 is 1.38 bits per heavy atom. The fraction of sp³-hybridized carbons (Fsp3) is 0.562. The Balaban J connectivity index is 1.29. The molecule has 0 bridgehead atoms. The number of hydrogen-bond donors (Lipinski definition) is 2. The normalized spacial score (nSPS) is 23.0. The van der Waals surface area contributed by atoms with Gasteiger partial charge in [0.25, 0.3) is 0 Å². The minimum Gasteiger partial charge on any atom is -0.312 e. The van der Waals surface area contributed by atoms with Gasteiger partial charge in [0.05, 0.1) is 16.8 Å². The Hall–Kier alpha value is -1.17. The van der Waals surface area contributed by atoms with Crippen molar-refractivity contribution < 1.29 is 0 Å². The molecule has 2 aliphatic rings. The molecule has 1 atom stereocenters. The Bertz CT molecular complexity index is 573. The van der Waals surface area contributed by atoms with Gasteiger partial charge >= 0.3 is 0 Å². The molecule has 21 heavy (non-hydrogen) atoms. The number of rotatable bonds is 6. The summed E-state index contributed by atoms with van der Waals surface area (Å²) in [6.07, 6.45) is 6.17. The molecule has 5 heteroatoms. The Morgan fingerprint density at radius 2 is 2.33 bits per heavy atom. The van der Waals surface area contributed by atoms with Crippen molar-refractivity contribution in [2.45, 2.75) is 31.8 Å². The largest absolute Gasteiger partial charge is 0.312 e. The number of nitrogens with zero attached hydrogens (tertiary/aromatic N) is 2. The van der Waals surface area contributed by atoms with Gasteiger partial charge in [-0.3, -0.25) is 5.10 Å². The average Bonchev–Trinajstić information content (AvgIpc) is 2.95. The number of H-pyrrole nitrogens is 1. The average molecular weight is 302 g/mol. The molecule has 112 valence electrons. The molecular weight excluding hydrogens is 280 g/mol. The molecule has 0 amide bonds. The summed E-state index contributed by atoms with van der Waals surface area (Å²) in [7, 11) is 0. The zero-order valence-electron chi connectivity index (χ0n) is 12.2. The monoisotopic (exact) mass is 302 g/mol. The third-order valence-electron chi connectivity index (χ3n) is 4.61. The van der Waals surface area contributed by atoms with Gasteiger partial charge in [-0.2, -0.15) is 5.10 Å². The Kier molecular flexibility index (Phi) is 3.80. The zero-order valence-corrected chi connectivity index (χ0v) is 13.0. The summed E-state index contributed by atoms with van der Waals surface area (Å²) in [6, 6.07) is 5.16. The van der Waals surface area contributed by atoms with Crippen molar-refractivity contribution in [3.8, 4) is 10.6 Å². The SMILES string of the molecule is c1csc(-c2[nH]ncc2CNCC2CCN(C3CC3)C2)c1. The summed E-state index contributed by atoms with van der Waals surface area (Å²) in [5.74, 6) is 0.822. The van der Waals surface area contributed by atoms with Crippen LogP contribution in [0.1, 0.15) is 24.8 Å². The first-order chi connectivity index (χ1) is 10.4. The van der Waals surface area contributed by atoms with Crippen LogP contribution in [-0.2, 0) is 6.54 Å². The molecule has 0 spiro atoms. The molecule has 1 aliphatic carbocycles. The fourth-order valence-corrected chi connectivity index (χ4v) is 4.05. The highest BCUT2D eigenvalue weighted by molar-refractivity contribution is 7.13. The third-order valence-corrected chi connectivity index (χ3v) is 5.50. The molecule has 4 nitrogen and oxygen atoms in total. The molecular formula is C16H22N4S. The van der Waals surface area contributed by atoms with Gasteiger partial charge in [-0.15, -0.1) is 11.3 Å². The van der Waals surface area contributed by atoms with Crippen LogP contribution in [-0.4, -0.2) is 40.8 Å². The van der Waals surface area contributed by atoms with Crippen LogP contribution in [0.3, 0.4) is 0 Å². The van der Waals surface area contributed by atoms with Crippen molar-refractivity contribution in [2.24, 2.45) is 5.92 Å². The standard InChI is InChI=1S/C16H22N4S/c1-2-15(21-7-1)16-13(10-18-19-16)9-17-8-12-5-6-20(11-12)14-3-4-14/h1-2,7,10,12,14,17H,3-6,8-9,11H2,(H,18,19). The highest BCUT2D eigenvalue weighted by Gasteiger charge is 2.33. The molecule has 2 fully saturated rings. The minimum absolute atomic E-state index is 0.822. The summed E-state index contributed by atoms with van der Waals surface area (Å²) in [6.45, 7) is 4.63. The maximum atomic E-state index is 4.21. The molecule has 0 aromatic carbocycles. The maximum Gasteiger partial charge on any atom is 0.0794 e. The van der Waals surface area contributed by atoms with E-state index in [1.54, 1.807) is 11.3 Å². The van der Waals surface area contributed by atoms with E-state index in [1.807, 2.05) is 6.20 Å². The van der Waals surface area contributed by atoms with Crippen LogP contribution >= 0.6 is 11.3 Å². The molecule has 1 aliphatic heterocycles. The molecule has 2 aromatic heterocycles. The Labute approximate surface area is 129 Å². The van der Waals surface area contributed by atoms with Gasteiger partial charge in [-0.25, -0.2) is 0 Å². The lowest BCUT2D eigenvalue weighted by Gasteiger charge is -2.15. The molecule has 2 N–H and O–H groups in total. The van der Waals surface area contributed by atoms with Gasteiger partial charge < -0.3 is 10.2 Å². The van der Waals surface area contributed by atoms with Crippen molar-refractivity contribution in [2.75, 3.05) is 19.6 Å². The van der Waals surface area contributed by atoms with Crippen LogP contribution in [0.5, 0.6) is 0 Å². The van der Waals surface area contributed by atoms with Gasteiger partial charge in [-0.1, -0.05) is 6.07 Å². The third kappa shape index (κ3) is 3.05. The van der Waals surface area contributed by atoms with Crippen molar-refractivity contribution >= 4 is 11.3 Å². The van der Waals surface area contributed by atoms with Crippen LogP contribution in [0.4, 0.5) is 0 Å². The summed E-state index contributed by atoms with van der Waals surface area (Å²) < 4.78 is 0. The number of thiophene rings is 1. The fourth-order valence-electron chi connectivity index (χ4n) is 3.29. The number of aromatic nitrogens is 2. The smallest absolute Gasteiger partial charge is 0.0794 e. The van der Waals surface area contributed by atoms with E-state index in [2.05, 4.69) is 37.9 Å². The number of hydrogen-bond acceptors (Lipinski definition) is 4. The lowest BCUT2D eigenvalue weighted by atomic mass is 10.1. The molecule has 1 unspecified atom stereocenters. The van der Waals surface area contributed by atoms with Gasteiger partial charge in [-0.05, 0) is 49.7 Å². The molecule has 2 aromatic rings. The van der Waals surface area contributed by atoms with Gasteiger partial charge in [0.15, 0.2) is 0 Å². The van der Waals surface area contributed by atoms with Crippen molar-refractivity contribution in [3.63, 3.8) is 0 Å². The lowest BCUT2D eigenvalue weighted by molar-refractivity contribution is 0.312. The van der Waals surface area contributed by atoms with E-state index in [9.17, 15) is 0 Å². The van der Waals surface area contributed by atoms with Crippen LogP contribution in [0, 0.1) is 5.92 Å². The maximum absolute atomic E-state index is 4.21. The predicted octanol–water partition coefficient (Wildman–Crippen LogP) is 2.71.